The fraction of sp³-hybridized carbons (Fsp3) is 0.167. The Bertz CT molecular complexity index is 181. The van der Waals surface area contributed by atoms with Crippen LogP contribution in [-0.4, -0.2) is 0 Å². The summed E-state index contributed by atoms with van der Waals surface area (Å²) in [6.45, 7) is 0. The van der Waals surface area contributed by atoms with Crippen molar-refractivity contribution in [2.45, 2.75) is 6.42 Å². The van der Waals surface area contributed by atoms with Gasteiger partial charge in [-0.05, 0) is 12.5 Å². The molecule has 1 aliphatic carbocycles. The summed E-state index contributed by atoms with van der Waals surface area (Å²) in [5, 5.41) is 1.21. The highest BCUT2D eigenvalue weighted by Crippen LogP contribution is 2.25. The predicted molar refractivity (Wildman–Crippen MR) is 39.9 cm³/mol. The van der Waals surface area contributed by atoms with Gasteiger partial charge >= 0.3 is 0 Å². The third-order valence-electron chi connectivity index (χ3n) is 1.07. The fourth-order valence-electron chi connectivity index (χ4n) is 0.589. The van der Waals surface area contributed by atoms with Gasteiger partial charge in [0.1, 0.15) is 0 Å². The Morgan fingerprint density at radius 3 is 2.56 bits per heavy atom. The molecule has 0 spiro atoms. The van der Waals surface area contributed by atoms with Crippen molar-refractivity contribution in [3.05, 3.63) is 28.3 Å². The summed E-state index contributed by atoms with van der Waals surface area (Å²) in [4.78, 5) is 0. The summed E-state index contributed by atoms with van der Waals surface area (Å²) in [6.07, 6.45) is 4.13. The standard InChI is InChI=1S/C6H6Cl2N/c7-5-2-1-4(9)3-6(5)8/h1,3H,2,9H2. The first-order valence-electron chi connectivity index (χ1n) is 2.54. The molecule has 3 heteroatoms. The maximum atomic E-state index is 5.65. The molecule has 0 aromatic rings. The van der Waals surface area contributed by atoms with Crippen molar-refractivity contribution in [3.8, 4) is 0 Å². The van der Waals surface area contributed by atoms with E-state index in [0.29, 0.717) is 22.2 Å². The van der Waals surface area contributed by atoms with Crippen molar-refractivity contribution >= 4 is 23.2 Å². The van der Waals surface area contributed by atoms with Crippen molar-refractivity contribution in [1.82, 2.24) is 0 Å². The van der Waals surface area contributed by atoms with Gasteiger partial charge in [-0.3, -0.25) is 0 Å². The minimum Gasteiger partial charge on any atom is -0.402 e. The average Bonchev–Trinajstić information content (AvgIpc) is 1.80. The lowest BCUT2D eigenvalue weighted by Crippen LogP contribution is -2.02. The van der Waals surface area contributed by atoms with E-state index >= 15 is 0 Å². The molecule has 0 amide bonds. The lowest BCUT2D eigenvalue weighted by atomic mass is 10.1. The summed E-state index contributed by atoms with van der Waals surface area (Å²) in [6, 6.07) is 0. The normalized spacial score (nSPS) is 20.0. The van der Waals surface area contributed by atoms with Crippen LogP contribution in [0.5, 0.6) is 0 Å². The van der Waals surface area contributed by atoms with E-state index in [0.717, 1.165) is 0 Å². The molecule has 1 aliphatic rings. The summed E-state index contributed by atoms with van der Waals surface area (Å²) >= 11 is 11.3. The summed E-state index contributed by atoms with van der Waals surface area (Å²) < 4.78 is 0. The Morgan fingerprint density at radius 2 is 2.11 bits per heavy atom. The van der Waals surface area contributed by atoms with Crippen LogP contribution in [0, 0.1) is 6.42 Å². The smallest absolute Gasteiger partial charge is 0.0568 e. The van der Waals surface area contributed by atoms with Gasteiger partial charge < -0.3 is 5.73 Å². The number of hydrogen-bond acceptors (Lipinski definition) is 1. The van der Waals surface area contributed by atoms with Crippen molar-refractivity contribution in [3.63, 3.8) is 0 Å². The highest BCUT2D eigenvalue weighted by Gasteiger charge is 2.06. The summed E-state index contributed by atoms with van der Waals surface area (Å²) in [5.74, 6) is 0. The van der Waals surface area contributed by atoms with Crippen LogP contribution in [0.25, 0.3) is 0 Å². The SMILES string of the molecule is NC1=CC(Cl)=C(Cl)C[CH]1. The Hall–Kier alpha value is -0.140. The second-order valence-corrected chi connectivity index (χ2v) is 2.67. The van der Waals surface area contributed by atoms with Crippen LogP contribution in [0.3, 0.4) is 0 Å². The van der Waals surface area contributed by atoms with Crippen molar-refractivity contribution in [2.75, 3.05) is 0 Å². The number of nitrogens with two attached hydrogens (primary N) is 1. The van der Waals surface area contributed by atoms with Gasteiger partial charge in [0.25, 0.3) is 0 Å². The minimum atomic E-state index is 0.552. The van der Waals surface area contributed by atoms with E-state index in [1.165, 1.54) is 0 Å². The lowest BCUT2D eigenvalue weighted by Gasteiger charge is -2.07. The molecule has 0 saturated carbocycles. The zero-order valence-electron chi connectivity index (χ0n) is 4.70. The molecule has 0 unspecified atom stereocenters. The molecule has 1 nitrogen and oxygen atoms in total. The van der Waals surface area contributed by atoms with Gasteiger partial charge in [0.2, 0.25) is 0 Å². The molecule has 1 rings (SSSR count). The van der Waals surface area contributed by atoms with E-state index in [2.05, 4.69) is 0 Å². The van der Waals surface area contributed by atoms with Gasteiger partial charge in [0.05, 0.1) is 5.03 Å². The maximum absolute atomic E-state index is 5.65. The summed E-state index contributed by atoms with van der Waals surface area (Å²) in [7, 11) is 0. The van der Waals surface area contributed by atoms with Crippen LogP contribution in [0.1, 0.15) is 6.42 Å². The van der Waals surface area contributed by atoms with Crippen molar-refractivity contribution in [2.24, 2.45) is 5.73 Å². The fourth-order valence-corrected chi connectivity index (χ4v) is 0.923. The average molecular weight is 163 g/mol. The highest BCUT2D eigenvalue weighted by atomic mass is 35.5. The molecular weight excluding hydrogens is 157 g/mol. The molecule has 0 heterocycles. The highest BCUT2D eigenvalue weighted by molar-refractivity contribution is 6.40. The molecule has 0 atom stereocenters. The number of halogens is 2. The van der Waals surface area contributed by atoms with E-state index in [-0.39, 0.29) is 0 Å². The van der Waals surface area contributed by atoms with Crippen LogP contribution in [0.4, 0.5) is 0 Å². The molecule has 0 aromatic heterocycles. The Kier molecular flexibility index (Phi) is 2.04. The van der Waals surface area contributed by atoms with E-state index in [9.17, 15) is 0 Å². The predicted octanol–water partition coefficient (Wildman–Crippen LogP) is 2.13. The summed E-state index contributed by atoms with van der Waals surface area (Å²) in [5.41, 5.74) is 6.10. The van der Waals surface area contributed by atoms with Crippen LogP contribution in [0.2, 0.25) is 0 Å². The molecule has 0 saturated heterocycles. The van der Waals surface area contributed by atoms with Gasteiger partial charge in [-0.25, -0.2) is 0 Å². The van der Waals surface area contributed by atoms with E-state index in [4.69, 9.17) is 28.9 Å². The van der Waals surface area contributed by atoms with Crippen molar-refractivity contribution in [1.29, 1.82) is 0 Å². The first-order chi connectivity index (χ1) is 4.20. The third kappa shape index (κ3) is 1.63. The molecule has 1 radical (unpaired) electrons. The maximum Gasteiger partial charge on any atom is 0.0568 e. The second-order valence-electron chi connectivity index (χ2n) is 1.81. The van der Waals surface area contributed by atoms with Gasteiger partial charge in [-0.2, -0.15) is 0 Å². The van der Waals surface area contributed by atoms with Gasteiger partial charge in [0.15, 0.2) is 0 Å². The Balaban J connectivity index is 2.83. The molecule has 0 aromatic carbocycles. The largest absolute Gasteiger partial charge is 0.402 e. The third-order valence-corrected chi connectivity index (χ3v) is 1.86. The first kappa shape index (κ1) is 6.97. The van der Waals surface area contributed by atoms with Crippen molar-refractivity contribution < 1.29 is 0 Å². The molecule has 49 valence electrons. The van der Waals surface area contributed by atoms with E-state index in [1.54, 1.807) is 6.08 Å². The zero-order valence-corrected chi connectivity index (χ0v) is 6.21. The first-order valence-corrected chi connectivity index (χ1v) is 3.30. The molecule has 0 fully saturated rings. The number of allylic oxidation sites excluding steroid dienone is 4. The number of rotatable bonds is 0. The number of hydrogen-bond donors (Lipinski definition) is 1. The molecule has 0 bridgehead atoms. The van der Waals surface area contributed by atoms with Crippen LogP contribution in [-0.2, 0) is 0 Å². The molecular formula is C6H6Cl2N. The monoisotopic (exact) mass is 162 g/mol. The van der Waals surface area contributed by atoms with Crippen LogP contribution >= 0.6 is 23.2 Å². The molecule has 0 aliphatic heterocycles. The van der Waals surface area contributed by atoms with E-state index < -0.39 is 0 Å². The van der Waals surface area contributed by atoms with Gasteiger partial charge in [-0.15, -0.1) is 0 Å². The second kappa shape index (κ2) is 2.63. The quantitative estimate of drug-likeness (QED) is 0.581. The lowest BCUT2D eigenvalue weighted by molar-refractivity contribution is 1.13. The molecule has 2 N–H and O–H groups in total. The molecule has 9 heavy (non-hydrogen) atoms. The topological polar surface area (TPSA) is 26.0 Å². The van der Waals surface area contributed by atoms with Crippen LogP contribution in [0.15, 0.2) is 21.8 Å². The van der Waals surface area contributed by atoms with Gasteiger partial charge in [0, 0.05) is 17.2 Å². The Morgan fingerprint density at radius 1 is 1.44 bits per heavy atom. The Labute approximate surface area is 64.1 Å². The van der Waals surface area contributed by atoms with E-state index in [1.807, 2.05) is 6.42 Å². The van der Waals surface area contributed by atoms with Crippen LogP contribution < -0.4 is 5.73 Å². The van der Waals surface area contributed by atoms with Gasteiger partial charge in [-0.1, -0.05) is 23.2 Å². The zero-order chi connectivity index (χ0) is 6.85. The minimum absolute atomic E-state index is 0.552.